The number of likely N-dealkylation sites (tertiary alicyclic amines) is 1. The maximum absolute atomic E-state index is 13.5. The summed E-state index contributed by atoms with van der Waals surface area (Å²) in [5, 5.41) is 4.35. The number of nitrogens with zero attached hydrogens (tertiary/aromatic N) is 2. The van der Waals surface area contributed by atoms with Gasteiger partial charge in [-0.2, -0.15) is 0 Å². The van der Waals surface area contributed by atoms with Gasteiger partial charge < -0.3 is 15.2 Å². The molecule has 1 aliphatic heterocycles. The first kappa shape index (κ1) is 20.0. The largest absolute Gasteiger partial charge is 0.361 e. The SMILES string of the molecule is CCNC(=NCCc1c[nH]c2ccc(F)cc12)N1CCC(C)(C)C1.I. The van der Waals surface area contributed by atoms with Gasteiger partial charge in [-0.25, -0.2) is 4.39 Å². The van der Waals surface area contributed by atoms with Gasteiger partial charge in [-0.15, -0.1) is 24.0 Å². The quantitative estimate of drug-likeness (QED) is 0.411. The predicted molar refractivity (Wildman–Crippen MR) is 113 cm³/mol. The number of aliphatic imine (C=N–C) groups is 1. The third kappa shape index (κ3) is 4.86. The molecule has 1 aliphatic rings. The van der Waals surface area contributed by atoms with Crippen molar-refractivity contribution in [3.8, 4) is 0 Å². The van der Waals surface area contributed by atoms with Crippen LogP contribution in [0.5, 0.6) is 0 Å². The van der Waals surface area contributed by atoms with Crippen molar-refractivity contribution in [1.82, 2.24) is 15.2 Å². The summed E-state index contributed by atoms with van der Waals surface area (Å²) in [4.78, 5) is 10.3. The minimum absolute atomic E-state index is 0. The Kier molecular flexibility index (Phi) is 6.71. The van der Waals surface area contributed by atoms with E-state index in [-0.39, 0.29) is 29.8 Å². The number of nitrogens with one attached hydrogen (secondary N) is 2. The van der Waals surface area contributed by atoms with Crippen LogP contribution in [0.3, 0.4) is 0 Å². The maximum Gasteiger partial charge on any atom is 0.193 e. The fraction of sp³-hybridized carbons (Fsp3) is 0.526. The van der Waals surface area contributed by atoms with E-state index >= 15 is 0 Å². The number of hydrogen-bond acceptors (Lipinski definition) is 1. The van der Waals surface area contributed by atoms with Gasteiger partial charge in [0.2, 0.25) is 0 Å². The van der Waals surface area contributed by atoms with Crippen molar-refractivity contribution in [2.24, 2.45) is 10.4 Å². The van der Waals surface area contributed by atoms with Gasteiger partial charge in [-0.1, -0.05) is 13.8 Å². The van der Waals surface area contributed by atoms with Crippen molar-refractivity contribution in [2.45, 2.75) is 33.6 Å². The summed E-state index contributed by atoms with van der Waals surface area (Å²) in [6, 6.07) is 4.87. The number of fused-ring (bicyclic) bond motifs is 1. The van der Waals surface area contributed by atoms with E-state index in [1.807, 2.05) is 6.20 Å². The second kappa shape index (κ2) is 8.38. The Morgan fingerprint density at radius 3 is 2.88 bits per heavy atom. The Labute approximate surface area is 166 Å². The molecule has 0 unspecified atom stereocenters. The van der Waals surface area contributed by atoms with E-state index in [1.165, 1.54) is 12.5 Å². The molecule has 2 N–H and O–H groups in total. The third-order valence-electron chi connectivity index (χ3n) is 4.68. The highest BCUT2D eigenvalue weighted by Gasteiger charge is 2.30. The molecule has 1 aromatic heterocycles. The van der Waals surface area contributed by atoms with Crippen LogP contribution in [0.2, 0.25) is 0 Å². The van der Waals surface area contributed by atoms with Crippen molar-refractivity contribution in [3.05, 3.63) is 35.8 Å². The van der Waals surface area contributed by atoms with E-state index in [4.69, 9.17) is 4.99 Å². The molecule has 0 atom stereocenters. The smallest absolute Gasteiger partial charge is 0.193 e. The van der Waals surface area contributed by atoms with E-state index in [1.54, 1.807) is 12.1 Å². The lowest BCUT2D eigenvalue weighted by Crippen LogP contribution is -2.40. The van der Waals surface area contributed by atoms with Gasteiger partial charge in [-0.3, -0.25) is 4.99 Å². The van der Waals surface area contributed by atoms with Crippen LogP contribution in [-0.2, 0) is 6.42 Å². The summed E-state index contributed by atoms with van der Waals surface area (Å²) < 4.78 is 13.5. The number of guanidine groups is 1. The first-order chi connectivity index (χ1) is 11.5. The molecule has 0 spiro atoms. The number of benzene rings is 1. The van der Waals surface area contributed by atoms with Gasteiger partial charge in [0.25, 0.3) is 0 Å². The Morgan fingerprint density at radius 2 is 2.20 bits per heavy atom. The van der Waals surface area contributed by atoms with Gasteiger partial charge >= 0.3 is 0 Å². The average Bonchev–Trinajstić information content (AvgIpc) is 3.09. The van der Waals surface area contributed by atoms with E-state index in [2.05, 4.69) is 36.0 Å². The van der Waals surface area contributed by atoms with E-state index < -0.39 is 0 Å². The first-order valence-corrected chi connectivity index (χ1v) is 8.77. The van der Waals surface area contributed by atoms with Crippen LogP contribution in [0.15, 0.2) is 29.4 Å². The highest BCUT2D eigenvalue weighted by Crippen LogP contribution is 2.28. The number of aromatic nitrogens is 1. The monoisotopic (exact) mass is 458 g/mol. The molecular weight excluding hydrogens is 430 g/mol. The summed E-state index contributed by atoms with van der Waals surface area (Å²) in [5.41, 5.74) is 2.44. The van der Waals surface area contributed by atoms with Gasteiger partial charge in [0.05, 0.1) is 0 Å². The molecule has 0 saturated carbocycles. The summed E-state index contributed by atoms with van der Waals surface area (Å²) in [6.07, 6.45) is 3.96. The predicted octanol–water partition coefficient (Wildman–Crippen LogP) is 4.16. The summed E-state index contributed by atoms with van der Waals surface area (Å²) in [7, 11) is 0. The highest BCUT2D eigenvalue weighted by molar-refractivity contribution is 14.0. The lowest BCUT2D eigenvalue weighted by molar-refractivity contribution is 0.370. The lowest BCUT2D eigenvalue weighted by Gasteiger charge is -2.23. The minimum atomic E-state index is -0.195. The van der Waals surface area contributed by atoms with Gasteiger partial charge in [-0.05, 0) is 48.9 Å². The Hall–Kier alpha value is -1.31. The zero-order chi connectivity index (χ0) is 17.2. The Morgan fingerprint density at radius 1 is 1.40 bits per heavy atom. The van der Waals surface area contributed by atoms with Crippen molar-refractivity contribution < 1.29 is 4.39 Å². The van der Waals surface area contributed by atoms with E-state index in [0.717, 1.165) is 48.5 Å². The highest BCUT2D eigenvalue weighted by atomic mass is 127. The molecule has 0 bridgehead atoms. The van der Waals surface area contributed by atoms with Crippen LogP contribution in [0.25, 0.3) is 10.9 Å². The second-order valence-corrected chi connectivity index (χ2v) is 7.33. The molecule has 25 heavy (non-hydrogen) atoms. The molecule has 6 heteroatoms. The molecule has 2 aromatic rings. The molecule has 0 aliphatic carbocycles. The topological polar surface area (TPSA) is 43.4 Å². The average molecular weight is 458 g/mol. The summed E-state index contributed by atoms with van der Waals surface area (Å²) >= 11 is 0. The van der Waals surface area contributed by atoms with Crippen LogP contribution < -0.4 is 5.32 Å². The zero-order valence-electron chi connectivity index (χ0n) is 15.2. The van der Waals surface area contributed by atoms with Gasteiger partial charge in [0.1, 0.15) is 5.82 Å². The van der Waals surface area contributed by atoms with Crippen LogP contribution in [0.1, 0.15) is 32.8 Å². The molecule has 3 rings (SSSR count). The molecule has 1 saturated heterocycles. The van der Waals surface area contributed by atoms with Crippen molar-refractivity contribution in [3.63, 3.8) is 0 Å². The molecule has 2 heterocycles. The molecule has 1 fully saturated rings. The first-order valence-electron chi connectivity index (χ1n) is 8.77. The molecule has 0 amide bonds. The molecule has 1 aromatic carbocycles. The summed E-state index contributed by atoms with van der Waals surface area (Å²) in [5.74, 6) is 0.800. The fourth-order valence-corrected chi connectivity index (χ4v) is 3.36. The zero-order valence-corrected chi connectivity index (χ0v) is 17.6. The van der Waals surface area contributed by atoms with Crippen LogP contribution >= 0.6 is 24.0 Å². The number of aromatic amines is 1. The van der Waals surface area contributed by atoms with Crippen LogP contribution in [0, 0.1) is 11.2 Å². The standard InChI is InChI=1S/C19H27FN4.HI/c1-4-21-18(24-10-8-19(2,3)13-24)22-9-7-14-12-23-17-6-5-15(20)11-16(14)17;/h5-6,11-12,23H,4,7-10,13H2,1-3H3,(H,21,22);1H. The van der Waals surface area contributed by atoms with E-state index in [9.17, 15) is 4.39 Å². The molecule has 4 nitrogen and oxygen atoms in total. The number of H-pyrrole nitrogens is 1. The van der Waals surface area contributed by atoms with Crippen LogP contribution in [-0.4, -0.2) is 42.0 Å². The fourth-order valence-electron chi connectivity index (χ4n) is 3.36. The number of rotatable bonds is 4. The number of halogens is 2. The van der Waals surface area contributed by atoms with Gasteiger partial charge in [0.15, 0.2) is 5.96 Å². The number of hydrogen-bond donors (Lipinski definition) is 2. The Bertz CT molecular complexity index is 738. The van der Waals surface area contributed by atoms with Crippen molar-refractivity contribution in [2.75, 3.05) is 26.2 Å². The van der Waals surface area contributed by atoms with E-state index in [0.29, 0.717) is 12.0 Å². The minimum Gasteiger partial charge on any atom is -0.361 e. The third-order valence-corrected chi connectivity index (χ3v) is 4.68. The maximum atomic E-state index is 13.5. The van der Waals surface area contributed by atoms with Crippen molar-refractivity contribution in [1.29, 1.82) is 0 Å². The molecular formula is C19H28FIN4. The lowest BCUT2D eigenvalue weighted by atomic mass is 9.93. The normalized spacial score (nSPS) is 17.0. The second-order valence-electron chi connectivity index (χ2n) is 7.33. The van der Waals surface area contributed by atoms with Crippen molar-refractivity contribution >= 4 is 40.8 Å². The van der Waals surface area contributed by atoms with Gasteiger partial charge in [0, 0.05) is 43.3 Å². The molecule has 138 valence electrons. The summed E-state index contributed by atoms with van der Waals surface area (Å²) in [6.45, 7) is 10.4. The molecule has 0 radical (unpaired) electrons. The Balaban J connectivity index is 0.00000225. The van der Waals surface area contributed by atoms with Crippen LogP contribution in [0.4, 0.5) is 4.39 Å².